The molecule has 0 fully saturated rings. The molecule has 0 atom stereocenters. The zero-order valence-electron chi connectivity index (χ0n) is 11.3. The van der Waals surface area contributed by atoms with Gasteiger partial charge in [0.2, 0.25) is 0 Å². The second kappa shape index (κ2) is 4.61. The third kappa shape index (κ3) is 2.95. The Balaban J connectivity index is 2.11. The fourth-order valence-corrected chi connectivity index (χ4v) is 2.17. The first-order valence-electron chi connectivity index (χ1n) is 6.34. The summed E-state index contributed by atoms with van der Waals surface area (Å²) in [6, 6.07) is 4.27. The molecule has 0 radical (unpaired) electrons. The van der Waals surface area contributed by atoms with E-state index in [2.05, 4.69) is 55.8 Å². The first-order valence-corrected chi connectivity index (χ1v) is 6.34. The second-order valence-electron chi connectivity index (χ2n) is 5.82. The van der Waals surface area contributed by atoms with Crippen LogP contribution >= 0.6 is 0 Å². The van der Waals surface area contributed by atoms with Gasteiger partial charge >= 0.3 is 0 Å². The standard InChI is InChI=1S/C15H22N2/c1-12-5-6-14(16-11-12)13-7-9-17(10-8-13)15(2,3)4/h5-7,11H,8-10H2,1-4H3. The van der Waals surface area contributed by atoms with Crippen LogP contribution < -0.4 is 0 Å². The third-order valence-electron chi connectivity index (χ3n) is 3.40. The van der Waals surface area contributed by atoms with Crippen molar-refractivity contribution in [2.75, 3.05) is 13.1 Å². The number of aromatic nitrogens is 1. The number of pyridine rings is 1. The van der Waals surface area contributed by atoms with Gasteiger partial charge in [0.25, 0.3) is 0 Å². The zero-order chi connectivity index (χ0) is 12.5. The number of hydrogen-bond donors (Lipinski definition) is 0. The van der Waals surface area contributed by atoms with E-state index in [0.29, 0.717) is 0 Å². The summed E-state index contributed by atoms with van der Waals surface area (Å²) in [4.78, 5) is 7.01. The third-order valence-corrected chi connectivity index (χ3v) is 3.40. The molecule has 1 aromatic rings. The van der Waals surface area contributed by atoms with Gasteiger partial charge in [0.1, 0.15) is 0 Å². The summed E-state index contributed by atoms with van der Waals surface area (Å²) in [6.07, 6.45) is 5.38. The molecular weight excluding hydrogens is 208 g/mol. The van der Waals surface area contributed by atoms with Gasteiger partial charge in [-0.05, 0) is 51.3 Å². The SMILES string of the molecule is Cc1ccc(C2=CCN(C(C)(C)C)CC2)nc1. The fraction of sp³-hybridized carbons (Fsp3) is 0.533. The number of nitrogens with zero attached hydrogens (tertiary/aromatic N) is 2. The molecule has 0 aromatic carbocycles. The van der Waals surface area contributed by atoms with E-state index in [9.17, 15) is 0 Å². The summed E-state index contributed by atoms with van der Waals surface area (Å²) < 4.78 is 0. The van der Waals surface area contributed by atoms with Crippen LogP contribution in [0.2, 0.25) is 0 Å². The second-order valence-corrected chi connectivity index (χ2v) is 5.82. The van der Waals surface area contributed by atoms with Crippen molar-refractivity contribution in [3.8, 4) is 0 Å². The molecule has 0 bridgehead atoms. The van der Waals surface area contributed by atoms with Crippen LogP contribution in [0.15, 0.2) is 24.4 Å². The molecule has 0 N–H and O–H groups in total. The first kappa shape index (κ1) is 12.3. The molecule has 0 saturated heterocycles. The van der Waals surface area contributed by atoms with Crippen molar-refractivity contribution in [3.63, 3.8) is 0 Å². The lowest BCUT2D eigenvalue weighted by Gasteiger charge is -2.37. The van der Waals surface area contributed by atoms with Crippen molar-refractivity contribution < 1.29 is 0 Å². The Morgan fingerprint density at radius 3 is 2.47 bits per heavy atom. The van der Waals surface area contributed by atoms with Crippen molar-refractivity contribution in [1.82, 2.24) is 9.88 Å². The lowest BCUT2D eigenvalue weighted by Crippen LogP contribution is -2.43. The van der Waals surface area contributed by atoms with Crippen LogP contribution in [0.3, 0.4) is 0 Å². The van der Waals surface area contributed by atoms with E-state index in [1.54, 1.807) is 0 Å². The van der Waals surface area contributed by atoms with Gasteiger partial charge in [-0.1, -0.05) is 12.1 Å². The maximum absolute atomic E-state index is 4.50. The molecule has 2 nitrogen and oxygen atoms in total. The van der Waals surface area contributed by atoms with Crippen molar-refractivity contribution in [1.29, 1.82) is 0 Å². The quantitative estimate of drug-likeness (QED) is 0.736. The highest BCUT2D eigenvalue weighted by Crippen LogP contribution is 2.24. The minimum Gasteiger partial charge on any atom is -0.294 e. The zero-order valence-corrected chi connectivity index (χ0v) is 11.3. The van der Waals surface area contributed by atoms with Crippen molar-refractivity contribution in [2.24, 2.45) is 0 Å². The maximum Gasteiger partial charge on any atom is 0.0659 e. The van der Waals surface area contributed by atoms with Crippen LogP contribution in [-0.2, 0) is 0 Å². The van der Waals surface area contributed by atoms with E-state index in [-0.39, 0.29) is 5.54 Å². The van der Waals surface area contributed by atoms with Gasteiger partial charge in [0, 0.05) is 24.8 Å². The van der Waals surface area contributed by atoms with Gasteiger partial charge in [-0.3, -0.25) is 9.88 Å². The lowest BCUT2D eigenvalue weighted by molar-refractivity contribution is 0.153. The molecule has 17 heavy (non-hydrogen) atoms. The minimum atomic E-state index is 0.267. The van der Waals surface area contributed by atoms with Gasteiger partial charge in [-0.15, -0.1) is 0 Å². The van der Waals surface area contributed by atoms with Crippen LogP contribution in [0.4, 0.5) is 0 Å². The Morgan fingerprint density at radius 2 is 2.00 bits per heavy atom. The Bertz CT molecular complexity index is 410. The Hall–Kier alpha value is -1.15. The van der Waals surface area contributed by atoms with Gasteiger partial charge in [0.05, 0.1) is 5.69 Å². The fourth-order valence-electron chi connectivity index (χ4n) is 2.17. The number of aryl methyl sites for hydroxylation is 1. The summed E-state index contributed by atoms with van der Waals surface area (Å²) in [7, 11) is 0. The van der Waals surface area contributed by atoms with Crippen LogP contribution in [-0.4, -0.2) is 28.5 Å². The first-order chi connectivity index (χ1) is 7.97. The van der Waals surface area contributed by atoms with E-state index in [1.807, 2.05) is 6.20 Å². The molecule has 1 aliphatic rings. The molecule has 0 spiro atoms. The average molecular weight is 230 g/mol. The molecule has 1 aromatic heterocycles. The van der Waals surface area contributed by atoms with Gasteiger partial charge in [0.15, 0.2) is 0 Å². The summed E-state index contributed by atoms with van der Waals surface area (Å²) >= 11 is 0. The molecule has 0 amide bonds. The van der Waals surface area contributed by atoms with Crippen molar-refractivity contribution >= 4 is 5.57 Å². The minimum absolute atomic E-state index is 0.267. The molecule has 2 rings (SSSR count). The summed E-state index contributed by atoms with van der Waals surface area (Å²) in [5.41, 5.74) is 4.03. The topological polar surface area (TPSA) is 16.1 Å². The highest BCUT2D eigenvalue weighted by molar-refractivity contribution is 5.63. The summed E-state index contributed by atoms with van der Waals surface area (Å²) in [5.74, 6) is 0. The Labute approximate surface area is 104 Å². The smallest absolute Gasteiger partial charge is 0.0659 e. The van der Waals surface area contributed by atoms with Crippen molar-refractivity contribution in [3.05, 3.63) is 35.7 Å². The Morgan fingerprint density at radius 1 is 1.24 bits per heavy atom. The average Bonchev–Trinajstić information content (AvgIpc) is 2.29. The van der Waals surface area contributed by atoms with Crippen LogP contribution in [0.25, 0.3) is 5.57 Å². The lowest BCUT2D eigenvalue weighted by atomic mass is 9.98. The molecule has 0 aliphatic carbocycles. The van der Waals surface area contributed by atoms with Gasteiger partial charge in [-0.2, -0.15) is 0 Å². The van der Waals surface area contributed by atoms with Crippen LogP contribution in [0, 0.1) is 6.92 Å². The largest absolute Gasteiger partial charge is 0.294 e. The highest BCUT2D eigenvalue weighted by Gasteiger charge is 2.23. The van der Waals surface area contributed by atoms with Gasteiger partial charge < -0.3 is 0 Å². The predicted molar refractivity (Wildman–Crippen MR) is 72.9 cm³/mol. The van der Waals surface area contributed by atoms with Gasteiger partial charge in [-0.25, -0.2) is 0 Å². The number of rotatable bonds is 1. The number of hydrogen-bond acceptors (Lipinski definition) is 2. The van der Waals surface area contributed by atoms with E-state index < -0.39 is 0 Å². The van der Waals surface area contributed by atoms with E-state index in [0.717, 1.165) is 25.2 Å². The normalized spacial score (nSPS) is 18.0. The van der Waals surface area contributed by atoms with E-state index in [4.69, 9.17) is 0 Å². The molecular formula is C15H22N2. The molecule has 0 saturated carbocycles. The monoisotopic (exact) mass is 230 g/mol. The molecule has 2 heteroatoms. The summed E-state index contributed by atoms with van der Waals surface area (Å²) in [6.45, 7) is 11.1. The van der Waals surface area contributed by atoms with E-state index >= 15 is 0 Å². The molecule has 92 valence electrons. The Kier molecular flexibility index (Phi) is 3.34. The molecule has 1 aliphatic heterocycles. The van der Waals surface area contributed by atoms with E-state index in [1.165, 1.54) is 11.1 Å². The van der Waals surface area contributed by atoms with Crippen LogP contribution in [0.5, 0.6) is 0 Å². The predicted octanol–water partition coefficient (Wildman–Crippen LogP) is 3.28. The molecule has 2 heterocycles. The maximum atomic E-state index is 4.50. The molecule has 0 unspecified atom stereocenters. The summed E-state index contributed by atoms with van der Waals surface area (Å²) in [5, 5.41) is 0. The van der Waals surface area contributed by atoms with Crippen molar-refractivity contribution in [2.45, 2.75) is 39.7 Å². The highest BCUT2D eigenvalue weighted by atomic mass is 15.2. The van der Waals surface area contributed by atoms with Crippen LogP contribution in [0.1, 0.15) is 38.4 Å².